The van der Waals surface area contributed by atoms with E-state index < -0.39 is 5.92 Å². The van der Waals surface area contributed by atoms with E-state index in [2.05, 4.69) is 26.9 Å². The summed E-state index contributed by atoms with van der Waals surface area (Å²) >= 11 is 3.51. The van der Waals surface area contributed by atoms with Crippen LogP contribution in [0.15, 0.2) is 22.7 Å². The highest BCUT2D eigenvalue weighted by Gasteiger charge is 2.35. The Balaban J connectivity index is 1.77. The Morgan fingerprint density at radius 2 is 1.95 bits per heavy atom. The van der Waals surface area contributed by atoms with Crippen LogP contribution in [0.5, 0.6) is 0 Å². The second kappa shape index (κ2) is 6.81. The van der Waals surface area contributed by atoms with E-state index in [1.165, 1.54) is 0 Å². The van der Waals surface area contributed by atoms with Crippen molar-refractivity contribution < 1.29 is 13.5 Å². The minimum absolute atomic E-state index is 0.0140. The summed E-state index contributed by atoms with van der Waals surface area (Å²) in [6.45, 7) is 4.32. The molecule has 2 heterocycles. The normalized spacial score (nSPS) is 22.8. The van der Waals surface area contributed by atoms with Gasteiger partial charge in [0.05, 0.1) is 19.8 Å². The first-order chi connectivity index (χ1) is 10.5. The third kappa shape index (κ3) is 3.97. The van der Waals surface area contributed by atoms with Crippen LogP contribution in [0.1, 0.15) is 18.4 Å². The fraction of sp³-hybridized carbons (Fsp3) is 0.625. The molecule has 22 heavy (non-hydrogen) atoms. The van der Waals surface area contributed by atoms with Crippen LogP contribution in [0.25, 0.3) is 0 Å². The molecule has 0 atom stereocenters. The molecule has 3 nitrogen and oxygen atoms in total. The van der Waals surface area contributed by atoms with E-state index in [4.69, 9.17) is 4.74 Å². The smallest absolute Gasteiger partial charge is 0.260 e. The molecular formula is C16H21BrF2N2O. The zero-order valence-corrected chi connectivity index (χ0v) is 14.1. The van der Waals surface area contributed by atoms with Gasteiger partial charge >= 0.3 is 0 Å². The molecule has 0 spiro atoms. The monoisotopic (exact) mass is 374 g/mol. The van der Waals surface area contributed by atoms with Crippen molar-refractivity contribution >= 4 is 21.6 Å². The maximum Gasteiger partial charge on any atom is 0.260 e. The molecule has 0 bridgehead atoms. The zero-order chi connectivity index (χ0) is 15.6. The zero-order valence-electron chi connectivity index (χ0n) is 12.5. The number of benzene rings is 1. The van der Waals surface area contributed by atoms with Crippen molar-refractivity contribution in [3.63, 3.8) is 0 Å². The van der Waals surface area contributed by atoms with E-state index in [1.807, 2.05) is 17.0 Å². The summed E-state index contributed by atoms with van der Waals surface area (Å²) < 4.78 is 33.6. The molecule has 0 saturated carbocycles. The number of alkyl halides is 2. The van der Waals surface area contributed by atoms with Gasteiger partial charge in [-0.1, -0.05) is 22.0 Å². The van der Waals surface area contributed by atoms with E-state index in [-0.39, 0.29) is 13.0 Å². The molecule has 0 aliphatic carbocycles. The minimum Gasteiger partial charge on any atom is -0.378 e. The van der Waals surface area contributed by atoms with Crippen LogP contribution in [0, 0.1) is 0 Å². The molecule has 122 valence electrons. The van der Waals surface area contributed by atoms with Gasteiger partial charge in [0, 0.05) is 36.2 Å². The van der Waals surface area contributed by atoms with Gasteiger partial charge in [-0.25, -0.2) is 8.78 Å². The average Bonchev–Trinajstić information content (AvgIpc) is 2.49. The van der Waals surface area contributed by atoms with Crippen LogP contribution in [0.2, 0.25) is 0 Å². The fourth-order valence-electron chi connectivity index (χ4n) is 3.19. The Labute approximate surface area is 138 Å². The van der Waals surface area contributed by atoms with Crippen molar-refractivity contribution in [2.75, 3.05) is 44.3 Å². The predicted molar refractivity (Wildman–Crippen MR) is 86.6 cm³/mol. The number of anilines is 1. The molecule has 2 aliphatic rings. The Bertz CT molecular complexity index is 521. The van der Waals surface area contributed by atoms with Gasteiger partial charge < -0.3 is 9.64 Å². The van der Waals surface area contributed by atoms with Gasteiger partial charge in [-0.15, -0.1) is 0 Å². The van der Waals surface area contributed by atoms with Gasteiger partial charge in [0.2, 0.25) is 0 Å². The Hall–Kier alpha value is -0.720. The number of hydrogen-bond acceptors (Lipinski definition) is 3. The molecule has 0 aromatic heterocycles. The number of halogens is 3. The summed E-state index contributed by atoms with van der Waals surface area (Å²) in [6, 6.07) is 6.12. The van der Waals surface area contributed by atoms with Crippen LogP contribution >= 0.6 is 15.9 Å². The maximum absolute atomic E-state index is 13.6. The van der Waals surface area contributed by atoms with E-state index in [0.717, 1.165) is 35.4 Å². The van der Waals surface area contributed by atoms with E-state index in [0.29, 0.717) is 26.2 Å². The summed E-state index contributed by atoms with van der Waals surface area (Å²) in [6.07, 6.45) is 0.580. The molecule has 3 rings (SSSR count). The number of likely N-dealkylation sites (tertiary alicyclic amines) is 1. The van der Waals surface area contributed by atoms with Crippen molar-refractivity contribution in [2.45, 2.75) is 25.3 Å². The summed E-state index contributed by atoms with van der Waals surface area (Å²) in [4.78, 5) is 4.16. The highest BCUT2D eigenvalue weighted by Crippen LogP contribution is 2.31. The maximum atomic E-state index is 13.6. The highest BCUT2D eigenvalue weighted by atomic mass is 79.9. The minimum atomic E-state index is -2.55. The summed E-state index contributed by atoms with van der Waals surface area (Å²) in [7, 11) is 0. The summed E-state index contributed by atoms with van der Waals surface area (Å²) in [5.41, 5.74) is 2.24. The lowest BCUT2D eigenvalue weighted by Crippen LogP contribution is -2.42. The van der Waals surface area contributed by atoms with E-state index in [9.17, 15) is 8.78 Å². The van der Waals surface area contributed by atoms with Crippen molar-refractivity contribution in [1.82, 2.24) is 4.90 Å². The Kier molecular flexibility index (Phi) is 5.00. The summed E-state index contributed by atoms with van der Waals surface area (Å²) in [5, 5.41) is 0. The number of nitrogens with zero attached hydrogens (tertiary/aromatic N) is 2. The first-order valence-electron chi connectivity index (χ1n) is 7.75. The molecule has 2 fully saturated rings. The molecule has 1 aromatic rings. The lowest BCUT2D eigenvalue weighted by molar-refractivity contribution is -0.0660. The predicted octanol–water partition coefficient (Wildman–Crippen LogP) is 3.52. The SMILES string of the molecule is FC1(F)CCCN(Cc2ccc(Br)cc2N2CCOCC2)C1. The van der Waals surface area contributed by atoms with Crippen LogP contribution in [-0.4, -0.2) is 50.2 Å². The number of ether oxygens (including phenoxy) is 1. The molecule has 0 N–H and O–H groups in total. The summed E-state index contributed by atoms with van der Waals surface area (Å²) in [5.74, 6) is -2.55. The molecule has 2 aliphatic heterocycles. The van der Waals surface area contributed by atoms with Crippen LogP contribution in [-0.2, 0) is 11.3 Å². The molecule has 0 amide bonds. The quantitative estimate of drug-likeness (QED) is 0.804. The van der Waals surface area contributed by atoms with Gasteiger partial charge in [-0.2, -0.15) is 0 Å². The lowest BCUT2D eigenvalue weighted by atomic mass is 10.1. The van der Waals surface area contributed by atoms with Crippen molar-refractivity contribution in [3.8, 4) is 0 Å². The fourth-order valence-corrected chi connectivity index (χ4v) is 3.54. The van der Waals surface area contributed by atoms with E-state index >= 15 is 0 Å². The molecule has 0 radical (unpaired) electrons. The van der Waals surface area contributed by atoms with Crippen LogP contribution < -0.4 is 4.90 Å². The van der Waals surface area contributed by atoms with Crippen LogP contribution in [0.3, 0.4) is 0 Å². The Morgan fingerprint density at radius 3 is 2.68 bits per heavy atom. The third-order valence-corrected chi connectivity index (χ3v) is 4.76. The van der Waals surface area contributed by atoms with Crippen molar-refractivity contribution in [1.29, 1.82) is 0 Å². The highest BCUT2D eigenvalue weighted by molar-refractivity contribution is 9.10. The molecule has 1 aromatic carbocycles. The largest absolute Gasteiger partial charge is 0.378 e. The number of rotatable bonds is 3. The van der Waals surface area contributed by atoms with Crippen molar-refractivity contribution in [3.05, 3.63) is 28.2 Å². The number of piperidine rings is 1. The van der Waals surface area contributed by atoms with Crippen molar-refractivity contribution in [2.24, 2.45) is 0 Å². The van der Waals surface area contributed by atoms with Crippen LogP contribution in [0.4, 0.5) is 14.5 Å². The standard InChI is InChI=1S/C16H21BrF2N2O/c17-14-3-2-13(11-20-5-1-4-16(18,19)12-20)15(10-14)21-6-8-22-9-7-21/h2-3,10H,1,4-9,11-12H2. The number of morpholine rings is 1. The molecule has 2 saturated heterocycles. The topological polar surface area (TPSA) is 15.7 Å². The second-order valence-electron chi connectivity index (χ2n) is 6.04. The van der Waals surface area contributed by atoms with E-state index in [1.54, 1.807) is 0 Å². The van der Waals surface area contributed by atoms with Gasteiger partial charge in [0.1, 0.15) is 0 Å². The third-order valence-electron chi connectivity index (χ3n) is 4.26. The van der Waals surface area contributed by atoms with Gasteiger partial charge in [-0.05, 0) is 30.7 Å². The Morgan fingerprint density at radius 1 is 1.18 bits per heavy atom. The average molecular weight is 375 g/mol. The van der Waals surface area contributed by atoms with Gasteiger partial charge in [0.15, 0.2) is 0 Å². The molecular weight excluding hydrogens is 354 g/mol. The second-order valence-corrected chi connectivity index (χ2v) is 6.96. The molecule has 6 heteroatoms. The van der Waals surface area contributed by atoms with Gasteiger partial charge in [0.25, 0.3) is 5.92 Å². The first-order valence-corrected chi connectivity index (χ1v) is 8.54. The number of hydrogen-bond donors (Lipinski definition) is 0. The lowest BCUT2D eigenvalue weighted by Gasteiger charge is -2.35. The first kappa shape index (κ1) is 16.1. The molecule has 0 unspecified atom stereocenters. The van der Waals surface area contributed by atoms with Gasteiger partial charge in [-0.3, -0.25) is 4.90 Å².